The molecule has 2 atom stereocenters. The first-order chi connectivity index (χ1) is 13.0. The molecule has 0 saturated heterocycles. The number of rotatable bonds is 6. The summed E-state index contributed by atoms with van der Waals surface area (Å²) >= 11 is 6.39. The maximum Gasteiger partial charge on any atom is 0.335 e. The van der Waals surface area contributed by atoms with Gasteiger partial charge in [-0.2, -0.15) is 0 Å². The maximum atomic E-state index is 12.6. The Morgan fingerprint density at radius 2 is 1.81 bits per heavy atom. The molecule has 0 aliphatic carbocycles. The Morgan fingerprint density at radius 3 is 2.48 bits per heavy atom. The maximum absolute atomic E-state index is 12.6. The molecule has 0 radical (unpaired) electrons. The lowest BCUT2D eigenvalue weighted by Gasteiger charge is -2.20. The highest BCUT2D eigenvalue weighted by Gasteiger charge is 2.39. The number of hydrogen-bond donors (Lipinski definition) is 0. The largest absolute Gasteiger partial charge is 0.493 e. The first-order valence-corrected chi connectivity index (χ1v) is 8.74. The number of carbonyl (C=O) groups is 1. The highest BCUT2D eigenvalue weighted by atomic mass is 35.5. The lowest BCUT2D eigenvalue weighted by molar-refractivity contribution is -0.148. The number of hydrogen-bond acceptors (Lipinski definition) is 6. The van der Waals surface area contributed by atoms with Gasteiger partial charge in [-0.25, -0.2) is 9.79 Å². The molecule has 142 valence electrons. The smallest absolute Gasteiger partial charge is 0.335 e. The average Bonchev–Trinajstić information content (AvgIpc) is 3.08. The fraction of sp³-hybridized carbons (Fsp3) is 0.300. The van der Waals surface area contributed by atoms with Crippen LogP contribution in [0.1, 0.15) is 24.2 Å². The van der Waals surface area contributed by atoms with Crippen molar-refractivity contribution in [2.45, 2.75) is 25.7 Å². The van der Waals surface area contributed by atoms with Crippen LogP contribution in [-0.2, 0) is 20.9 Å². The normalized spacial score (nSPS) is 18.4. The van der Waals surface area contributed by atoms with Crippen LogP contribution in [0.25, 0.3) is 0 Å². The summed E-state index contributed by atoms with van der Waals surface area (Å²) in [5.41, 5.74) is 1.47. The molecular weight excluding hydrogens is 370 g/mol. The third-order valence-electron chi connectivity index (χ3n) is 4.18. The van der Waals surface area contributed by atoms with Crippen LogP contribution < -0.4 is 9.47 Å². The lowest BCUT2D eigenvalue weighted by atomic mass is 10.0. The minimum Gasteiger partial charge on any atom is -0.493 e. The van der Waals surface area contributed by atoms with E-state index in [4.69, 9.17) is 30.5 Å². The minimum absolute atomic E-state index is 0.164. The molecule has 27 heavy (non-hydrogen) atoms. The molecule has 1 aliphatic heterocycles. The van der Waals surface area contributed by atoms with E-state index in [-0.39, 0.29) is 6.61 Å². The molecule has 1 heterocycles. The highest BCUT2D eigenvalue weighted by Crippen LogP contribution is 2.40. The SMILES string of the molecule is COc1cc(Cl)c(C2OC(C)=NC2C(=O)OCc2ccccc2)cc1OC. The molecule has 0 N–H and O–H groups in total. The van der Waals surface area contributed by atoms with E-state index in [9.17, 15) is 4.79 Å². The Morgan fingerprint density at radius 1 is 1.15 bits per heavy atom. The van der Waals surface area contributed by atoms with E-state index in [0.717, 1.165) is 5.56 Å². The van der Waals surface area contributed by atoms with E-state index >= 15 is 0 Å². The third kappa shape index (κ3) is 4.17. The van der Waals surface area contributed by atoms with Crippen molar-refractivity contribution in [1.82, 2.24) is 0 Å². The van der Waals surface area contributed by atoms with E-state index in [2.05, 4.69) is 4.99 Å². The van der Waals surface area contributed by atoms with Crippen LogP contribution in [0.4, 0.5) is 0 Å². The quantitative estimate of drug-likeness (QED) is 0.699. The number of nitrogens with zero attached hydrogens (tertiary/aromatic N) is 1. The van der Waals surface area contributed by atoms with Gasteiger partial charge in [0.15, 0.2) is 29.5 Å². The summed E-state index contributed by atoms with van der Waals surface area (Å²) in [4.78, 5) is 16.9. The zero-order chi connectivity index (χ0) is 19.4. The summed E-state index contributed by atoms with van der Waals surface area (Å²) in [7, 11) is 3.05. The second-order valence-corrected chi connectivity index (χ2v) is 6.36. The molecule has 0 aromatic heterocycles. The van der Waals surface area contributed by atoms with Gasteiger partial charge in [0.25, 0.3) is 0 Å². The highest BCUT2D eigenvalue weighted by molar-refractivity contribution is 6.31. The van der Waals surface area contributed by atoms with Gasteiger partial charge in [-0.3, -0.25) is 0 Å². The molecular formula is C20H20ClNO5. The van der Waals surface area contributed by atoms with Crippen LogP contribution in [0.5, 0.6) is 11.5 Å². The van der Waals surface area contributed by atoms with Crippen LogP contribution in [-0.4, -0.2) is 32.1 Å². The van der Waals surface area contributed by atoms with Crippen LogP contribution in [0.3, 0.4) is 0 Å². The molecule has 6 nitrogen and oxygen atoms in total. The molecule has 0 bridgehead atoms. The van der Waals surface area contributed by atoms with Gasteiger partial charge in [0.05, 0.1) is 19.2 Å². The summed E-state index contributed by atoms with van der Waals surface area (Å²) in [5.74, 6) is 0.894. The number of methoxy groups -OCH3 is 2. The zero-order valence-electron chi connectivity index (χ0n) is 15.3. The number of ether oxygens (including phenoxy) is 4. The van der Waals surface area contributed by atoms with Crippen molar-refractivity contribution in [3.05, 3.63) is 58.6 Å². The van der Waals surface area contributed by atoms with Crippen LogP contribution in [0.15, 0.2) is 47.5 Å². The second kappa shape index (κ2) is 8.31. The van der Waals surface area contributed by atoms with Gasteiger partial charge in [0.2, 0.25) is 0 Å². The zero-order valence-corrected chi connectivity index (χ0v) is 16.0. The van der Waals surface area contributed by atoms with Gasteiger partial charge in [0.1, 0.15) is 6.61 Å². The van der Waals surface area contributed by atoms with Gasteiger partial charge < -0.3 is 18.9 Å². The number of carbonyl (C=O) groups excluding carboxylic acids is 1. The topological polar surface area (TPSA) is 66.4 Å². The average molecular weight is 390 g/mol. The summed E-state index contributed by atoms with van der Waals surface area (Å²) in [5, 5.41) is 0.392. The van der Waals surface area contributed by atoms with E-state index in [1.807, 2.05) is 30.3 Å². The van der Waals surface area contributed by atoms with Crippen molar-refractivity contribution >= 4 is 23.5 Å². The standard InChI is InChI=1S/C20H20ClNO5/c1-12-22-18(20(23)26-11-13-7-5-4-6-8-13)19(27-12)14-9-16(24-2)17(25-3)10-15(14)21/h4-10,18-19H,11H2,1-3H3. The molecule has 7 heteroatoms. The number of benzene rings is 2. The Bertz CT molecular complexity index is 853. The van der Waals surface area contributed by atoms with Crippen molar-refractivity contribution in [3.63, 3.8) is 0 Å². The predicted octanol–water partition coefficient (Wildman–Crippen LogP) is 3.96. The van der Waals surface area contributed by atoms with Gasteiger partial charge in [0, 0.05) is 18.6 Å². The van der Waals surface area contributed by atoms with Crippen LogP contribution in [0.2, 0.25) is 5.02 Å². The fourth-order valence-corrected chi connectivity index (χ4v) is 3.12. The molecule has 0 amide bonds. The van der Waals surface area contributed by atoms with Gasteiger partial charge in [-0.1, -0.05) is 41.9 Å². The van der Waals surface area contributed by atoms with Gasteiger partial charge in [-0.15, -0.1) is 0 Å². The molecule has 0 spiro atoms. The molecule has 0 saturated carbocycles. The predicted molar refractivity (Wildman–Crippen MR) is 102 cm³/mol. The van der Waals surface area contributed by atoms with E-state index in [1.54, 1.807) is 19.1 Å². The fourth-order valence-electron chi connectivity index (χ4n) is 2.85. The van der Waals surface area contributed by atoms with E-state index < -0.39 is 18.1 Å². The summed E-state index contributed by atoms with van der Waals surface area (Å²) < 4.78 is 21.8. The van der Waals surface area contributed by atoms with Gasteiger partial charge >= 0.3 is 5.97 Å². The van der Waals surface area contributed by atoms with E-state index in [0.29, 0.717) is 28.0 Å². The molecule has 2 aromatic rings. The Kier molecular flexibility index (Phi) is 5.86. The molecule has 2 unspecified atom stereocenters. The Hall–Kier alpha value is -2.73. The lowest BCUT2D eigenvalue weighted by Crippen LogP contribution is -2.26. The molecule has 2 aromatic carbocycles. The monoisotopic (exact) mass is 389 g/mol. The Labute approximate surface area is 162 Å². The summed E-state index contributed by atoms with van der Waals surface area (Å²) in [6, 6.07) is 11.9. The number of esters is 1. The minimum atomic E-state index is -0.843. The first-order valence-electron chi connectivity index (χ1n) is 8.36. The molecule has 1 aliphatic rings. The third-order valence-corrected chi connectivity index (χ3v) is 4.51. The Balaban J connectivity index is 1.82. The number of aliphatic imine (C=N–C) groups is 1. The van der Waals surface area contributed by atoms with E-state index in [1.165, 1.54) is 14.2 Å². The van der Waals surface area contributed by atoms with Gasteiger partial charge in [-0.05, 0) is 11.6 Å². The second-order valence-electron chi connectivity index (χ2n) is 5.95. The van der Waals surface area contributed by atoms with Crippen molar-refractivity contribution in [2.75, 3.05) is 14.2 Å². The van der Waals surface area contributed by atoms with Crippen molar-refractivity contribution in [2.24, 2.45) is 4.99 Å². The number of halogens is 1. The first kappa shape index (κ1) is 19.0. The summed E-state index contributed by atoms with van der Waals surface area (Å²) in [6.45, 7) is 1.85. The summed E-state index contributed by atoms with van der Waals surface area (Å²) in [6.07, 6.45) is -0.694. The molecule has 0 fully saturated rings. The molecule has 3 rings (SSSR count). The van der Waals surface area contributed by atoms with Crippen molar-refractivity contribution in [3.8, 4) is 11.5 Å². The van der Waals surface area contributed by atoms with Crippen LogP contribution in [0, 0.1) is 0 Å². The van der Waals surface area contributed by atoms with Crippen LogP contribution >= 0.6 is 11.6 Å². The van der Waals surface area contributed by atoms with Crippen molar-refractivity contribution in [1.29, 1.82) is 0 Å². The van der Waals surface area contributed by atoms with Crippen molar-refractivity contribution < 1.29 is 23.7 Å².